The summed E-state index contributed by atoms with van der Waals surface area (Å²) in [6, 6.07) is 12.2. The number of rotatable bonds is 3. The molecule has 1 aliphatic heterocycles. The molecule has 2 amide bonds. The van der Waals surface area contributed by atoms with Gasteiger partial charge in [-0.25, -0.2) is 8.42 Å². The van der Waals surface area contributed by atoms with Crippen molar-refractivity contribution in [2.24, 2.45) is 0 Å². The van der Waals surface area contributed by atoms with Crippen LogP contribution in [0.1, 0.15) is 17.5 Å². The molecule has 7 nitrogen and oxygen atoms in total. The molecule has 2 aliphatic rings. The molecule has 4 rings (SSSR count). The van der Waals surface area contributed by atoms with E-state index in [2.05, 4.69) is 10.6 Å². The summed E-state index contributed by atoms with van der Waals surface area (Å²) in [4.78, 5) is 23.5. The van der Waals surface area contributed by atoms with Gasteiger partial charge >= 0.3 is 0 Å². The van der Waals surface area contributed by atoms with E-state index in [0.29, 0.717) is 18.5 Å². The molecule has 0 fully saturated rings. The van der Waals surface area contributed by atoms with Gasteiger partial charge in [0.1, 0.15) is 6.42 Å². The number of likely N-dealkylation sites (N-methyl/N-ethyl adjacent to an activating group) is 1. The molecular weight excluding hydrogens is 366 g/mol. The van der Waals surface area contributed by atoms with E-state index >= 15 is 0 Å². The van der Waals surface area contributed by atoms with Crippen molar-refractivity contribution in [1.29, 1.82) is 0 Å². The molecule has 0 aromatic heterocycles. The van der Waals surface area contributed by atoms with Gasteiger partial charge in [-0.05, 0) is 42.2 Å². The van der Waals surface area contributed by atoms with Crippen LogP contribution in [0.2, 0.25) is 0 Å². The van der Waals surface area contributed by atoms with E-state index in [1.54, 1.807) is 7.05 Å². The van der Waals surface area contributed by atoms with Crippen LogP contribution >= 0.6 is 0 Å². The number of carbonyl (C=O) groups excluding carboxylic acids is 2. The molecular formula is C19H19N3O4S. The first-order chi connectivity index (χ1) is 12.8. The van der Waals surface area contributed by atoms with Crippen LogP contribution in [0.3, 0.4) is 0 Å². The Morgan fingerprint density at radius 2 is 1.52 bits per heavy atom. The zero-order valence-corrected chi connectivity index (χ0v) is 15.5. The number of hydrogen-bond donors (Lipinski definition) is 2. The van der Waals surface area contributed by atoms with Crippen LogP contribution in [0.5, 0.6) is 0 Å². The average molecular weight is 385 g/mol. The number of nitrogens with one attached hydrogen (secondary N) is 2. The topological polar surface area (TPSA) is 95.6 Å². The molecule has 0 bridgehead atoms. The van der Waals surface area contributed by atoms with Gasteiger partial charge in [0.15, 0.2) is 0 Å². The van der Waals surface area contributed by atoms with Gasteiger partial charge in [0.25, 0.3) is 0 Å². The summed E-state index contributed by atoms with van der Waals surface area (Å²) < 4.78 is 27.6. The Labute approximate surface area is 157 Å². The summed E-state index contributed by atoms with van der Waals surface area (Å²) in [6.45, 7) is 0. The summed E-state index contributed by atoms with van der Waals surface area (Å²) >= 11 is 0. The number of carbonyl (C=O) groups is 2. The SMILES string of the molecule is CN(C1Cc2ccccc2C1)S(=O)(=O)c1ccc2c(c1)NC(=O)CC(=O)N2. The fourth-order valence-electron chi connectivity index (χ4n) is 3.59. The van der Waals surface area contributed by atoms with Crippen molar-refractivity contribution in [2.45, 2.75) is 30.2 Å². The predicted molar refractivity (Wildman–Crippen MR) is 101 cm³/mol. The molecule has 0 saturated heterocycles. The van der Waals surface area contributed by atoms with Crippen LogP contribution in [-0.4, -0.2) is 37.6 Å². The molecule has 1 heterocycles. The van der Waals surface area contributed by atoms with Crippen LogP contribution in [0, 0.1) is 0 Å². The summed E-state index contributed by atoms with van der Waals surface area (Å²) in [5.74, 6) is -0.900. The number of amides is 2. The Morgan fingerprint density at radius 3 is 2.15 bits per heavy atom. The molecule has 27 heavy (non-hydrogen) atoms. The minimum atomic E-state index is -3.75. The summed E-state index contributed by atoms with van der Waals surface area (Å²) in [5, 5.41) is 5.18. The van der Waals surface area contributed by atoms with Crippen molar-refractivity contribution in [3.05, 3.63) is 53.6 Å². The van der Waals surface area contributed by atoms with Crippen molar-refractivity contribution in [1.82, 2.24) is 4.31 Å². The molecule has 0 unspecified atom stereocenters. The van der Waals surface area contributed by atoms with E-state index in [1.165, 1.54) is 33.6 Å². The number of benzene rings is 2. The van der Waals surface area contributed by atoms with Crippen LogP contribution < -0.4 is 10.6 Å². The fraction of sp³-hybridized carbons (Fsp3) is 0.263. The first-order valence-corrected chi connectivity index (χ1v) is 10.1. The van der Waals surface area contributed by atoms with Crippen molar-refractivity contribution >= 4 is 33.2 Å². The molecule has 0 atom stereocenters. The lowest BCUT2D eigenvalue weighted by molar-refractivity contribution is -0.123. The Hall–Kier alpha value is -2.71. The van der Waals surface area contributed by atoms with E-state index < -0.39 is 21.8 Å². The van der Waals surface area contributed by atoms with Gasteiger partial charge in [-0.3, -0.25) is 9.59 Å². The molecule has 1 aliphatic carbocycles. The first-order valence-electron chi connectivity index (χ1n) is 8.63. The second-order valence-corrected chi connectivity index (χ2v) is 8.83. The van der Waals surface area contributed by atoms with Crippen molar-refractivity contribution in [2.75, 3.05) is 17.7 Å². The molecule has 140 valence electrons. The molecule has 2 aromatic rings. The van der Waals surface area contributed by atoms with Crippen molar-refractivity contribution in [3.63, 3.8) is 0 Å². The zero-order valence-electron chi connectivity index (χ0n) is 14.7. The maximum atomic E-state index is 13.1. The molecule has 0 saturated carbocycles. The first kappa shape index (κ1) is 17.7. The van der Waals surface area contributed by atoms with Crippen molar-refractivity contribution in [3.8, 4) is 0 Å². The van der Waals surface area contributed by atoms with Crippen LogP contribution in [-0.2, 0) is 32.5 Å². The lowest BCUT2D eigenvalue weighted by Crippen LogP contribution is -2.37. The van der Waals surface area contributed by atoms with E-state index in [0.717, 1.165) is 0 Å². The number of anilines is 2. The van der Waals surface area contributed by atoms with E-state index in [-0.39, 0.29) is 23.0 Å². The third-order valence-electron chi connectivity index (χ3n) is 5.08. The van der Waals surface area contributed by atoms with E-state index in [1.807, 2.05) is 24.3 Å². The van der Waals surface area contributed by atoms with E-state index in [9.17, 15) is 18.0 Å². The highest BCUT2D eigenvalue weighted by Crippen LogP contribution is 2.32. The maximum absolute atomic E-state index is 13.1. The molecule has 0 radical (unpaired) electrons. The highest BCUT2D eigenvalue weighted by Gasteiger charge is 2.33. The Bertz CT molecular complexity index is 1020. The largest absolute Gasteiger partial charge is 0.324 e. The third-order valence-corrected chi connectivity index (χ3v) is 6.99. The highest BCUT2D eigenvalue weighted by atomic mass is 32.2. The highest BCUT2D eigenvalue weighted by molar-refractivity contribution is 7.89. The Kier molecular flexibility index (Phi) is 4.24. The number of nitrogens with zero attached hydrogens (tertiary/aromatic N) is 1. The fourth-order valence-corrected chi connectivity index (χ4v) is 4.97. The monoisotopic (exact) mass is 385 g/mol. The quantitative estimate of drug-likeness (QED) is 0.787. The number of fused-ring (bicyclic) bond motifs is 2. The Morgan fingerprint density at radius 1 is 0.926 bits per heavy atom. The van der Waals surface area contributed by atoms with Crippen LogP contribution in [0.4, 0.5) is 11.4 Å². The van der Waals surface area contributed by atoms with Gasteiger partial charge in [0.2, 0.25) is 21.8 Å². The zero-order chi connectivity index (χ0) is 19.2. The number of hydrogen-bond acceptors (Lipinski definition) is 4. The van der Waals surface area contributed by atoms with Gasteiger partial charge in [-0.2, -0.15) is 4.31 Å². The number of sulfonamides is 1. The van der Waals surface area contributed by atoms with E-state index in [4.69, 9.17) is 0 Å². The van der Waals surface area contributed by atoms with Gasteiger partial charge in [0.05, 0.1) is 16.3 Å². The molecule has 8 heteroatoms. The molecule has 2 N–H and O–H groups in total. The smallest absolute Gasteiger partial charge is 0.243 e. The molecule has 0 spiro atoms. The third kappa shape index (κ3) is 3.22. The van der Waals surface area contributed by atoms with Gasteiger partial charge < -0.3 is 10.6 Å². The summed E-state index contributed by atoms with van der Waals surface area (Å²) in [5.41, 5.74) is 3.01. The van der Waals surface area contributed by atoms with Crippen LogP contribution in [0.15, 0.2) is 47.4 Å². The minimum Gasteiger partial charge on any atom is -0.324 e. The van der Waals surface area contributed by atoms with Gasteiger partial charge in [0, 0.05) is 13.1 Å². The van der Waals surface area contributed by atoms with Crippen LogP contribution in [0.25, 0.3) is 0 Å². The summed E-state index contributed by atoms with van der Waals surface area (Å²) in [6.07, 6.45) is 1.05. The maximum Gasteiger partial charge on any atom is 0.243 e. The normalized spacial score (nSPS) is 17.1. The standard InChI is InChI=1S/C19H19N3O4S/c1-22(14-8-12-4-2-3-5-13(12)9-14)27(25,26)15-6-7-16-17(10-15)21-19(24)11-18(23)20-16/h2-7,10,14H,8-9,11H2,1H3,(H,20,23)(H,21,24). The minimum absolute atomic E-state index is 0.0798. The second kappa shape index (κ2) is 6.47. The molecule has 2 aromatic carbocycles. The Balaban J connectivity index is 1.63. The second-order valence-electron chi connectivity index (χ2n) is 6.83. The van der Waals surface area contributed by atoms with Gasteiger partial charge in [-0.15, -0.1) is 0 Å². The lowest BCUT2D eigenvalue weighted by Gasteiger charge is -2.24. The lowest BCUT2D eigenvalue weighted by atomic mass is 10.1. The predicted octanol–water partition coefficient (Wildman–Crippen LogP) is 1.76. The van der Waals surface area contributed by atoms with Gasteiger partial charge in [-0.1, -0.05) is 24.3 Å². The van der Waals surface area contributed by atoms with Crippen molar-refractivity contribution < 1.29 is 18.0 Å². The summed E-state index contributed by atoms with van der Waals surface area (Å²) in [7, 11) is -2.17. The average Bonchev–Trinajstić information content (AvgIpc) is 2.99.